The van der Waals surface area contributed by atoms with Gasteiger partial charge in [-0.25, -0.2) is 4.98 Å². The second-order valence-corrected chi connectivity index (χ2v) is 4.72. The zero-order valence-corrected chi connectivity index (χ0v) is 11.9. The van der Waals surface area contributed by atoms with Gasteiger partial charge in [0.05, 0.1) is 0 Å². The number of anilines is 1. The maximum Gasteiger partial charge on any atom is 0.225 e. The molecule has 0 fully saturated rings. The summed E-state index contributed by atoms with van der Waals surface area (Å²) in [5.41, 5.74) is 1.12. The van der Waals surface area contributed by atoms with Crippen LogP contribution in [0.15, 0.2) is 42.6 Å². The number of benzene rings is 1. The highest BCUT2D eigenvalue weighted by molar-refractivity contribution is 5.27. The Morgan fingerprint density at radius 2 is 1.95 bits per heavy atom. The van der Waals surface area contributed by atoms with Crippen molar-refractivity contribution in [3.05, 3.63) is 48.2 Å². The first kappa shape index (κ1) is 14.3. The van der Waals surface area contributed by atoms with Crippen molar-refractivity contribution in [2.45, 2.75) is 6.61 Å². The normalized spacial score (nSPS) is 10.6. The summed E-state index contributed by atoms with van der Waals surface area (Å²) in [4.78, 5) is 10.6. The molecule has 106 valence electrons. The predicted molar refractivity (Wildman–Crippen MR) is 79.8 cm³/mol. The van der Waals surface area contributed by atoms with E-state index in [2.05, 4.69) is 20.2 Å². The second kappa shape index (κ2) is 7.45. The molecule has 1 aromatic heterocycles. The fourth-order valence-electron chi connectivity index (χ4n) is 1.63. The largest absolute Gasteiger partial charge is 0.473 e. The lowest BCUT2D eigenvalue weighted by molar-refractivity contribution is 0.293. The number of ether oxygens (including phenoxy) is 1. The van der Waals surface area contributed by atoms with Gasteiger partial charge in [0, 0.05) is 25.4 Å². The van der Waals surface area contributed by atoms with Crippen molar-refractivity contribution in [1.29, 1.82) is 0 Å². The highest BCUT2D eigenvalue weighted by Gasteiger charge is 2.00. The van der Waals surface area contributed by atoms with Crippen LogP contribution in [0.3, 0.4) is 0 Å². The Kier molecular flexibility index (Phi) is 5.32. The summed E-state index contributed by atoms with van der Waals surface area (Å²) in [6.07, 6.45) is 1.70. The van der Waals surface area contributed by atoms with E-state index >= 15 is 0 Å². The summed E-state index contributed by atoms with van der Waals surface area (Å²) in [7, 11) is 4.06. The van der Waals surface area contributed by atoms with Crippen LogP contribution < -0.4 is 10.1 Å². The van der Waals surface area contributed by atoms with Crippen LogP contribution in [0, 0.1) is 0 Å². The highest BCUT2D eigenvalue weighted by Crippen LogP contribution is 2.10. The summed E-state index contributed by atoms with van der Waals surface area (Å²) in [5.74, 6) is 1.17. The van der Waals surface area contributed by atoms with E-state index in [0.717, 1.165) is 18.7 Å². The van der Waals surface area contributed by atoms with Gasteiger partial charge in [-0.2, -0.15) is 4.98 Å². The molecule has 0 saturated heterocycles. The molecular formula is C15H20N4O. The molecule has 1 N–H and O–H groups in total. The Labute approximate surface area is 119 Å². The second-order valence-electron chi connectivity index (χ2n) is 4.72. The minimum absolute atomic E-state index is 0.509. The maximum absolute atomic E-state index is 5.66. The average molecular weight is 272 g/mol. The molecule has 5 nitrogen and oxygen atoms in total. The minimum atomic E-state index is 0.509. The van der Waals surface area contributed by atoms with Crippen molar-refractivity contribution in [3.63, 3.8) is 0 Å². The zero-order chi connectivity index (χ0) is 14.2. The summed E-state index contributed by atoms with van der Waals surface area (Å²) in [6.45, 7) is 2.24. The van der Waals surface area contributed by atoms with Crippen LogP contribution in [0.1, 0.15) is 5.56 Å². The van der Waals surface area contributed by atoms with Gasteiger partial charge < -0.3 is 15.0 Å². The van der Waals surface area contributed by atoms with E-state index in [4.69, 9.17) is 4.74 Å². The van der Waals surface area contributed by atoms with Crippen LogP contribution in [0.2, 0.25) is 0 Å². The monoisotopic (exact) mass is 272 g/mol. The van der Waals surface area contributed by atoms with E-state index in [0.29, 0.717) is 18.4 Å². The zero-order valence-electron chi connectivity index (χ0n) is 11.9. The number of nitrogens with zero attached hydrogens (tertiary/aromatic N) is 3. The van der Waals surface area contributed by atoms with Crippen molar-refractivity contribution in [3.8, 4) is 5.88 Å². The third-order valence-corrected chi connectivity index (χ3v) is 2.70. The van der Waals surface area contributed by atoms with Crippen molar-refractivity contribution >= 4 is 5.95 Å². The van der Waals surface area contributed by atoms with Crippen LogP contribution in [0.5, 0.6) is 5.88 Å². The van der Waals surface area contributed by atoms with Gasteiger partial charge in [-0.15, -0.1) is 0 Å². The lowest BCUT2D eigenvalue weighted by Crippen LogP contribution is -2.21. The molecule has 0 aliphatic rings. The van der Waals surface area contributed by atoms with Gasteiger partial charge in [0.2, 0.25) is 11.8 Å². The van der Waals surface area contributed by atoms with E-state index < -0.39 is 0 Å². The quantitative estimate of drug-likeness (QED) is 0.835. The first-order chi connectivity index (χ1) is 9.74. The van der Waals surface area contributed by atoms with Crippen LogP contribution >= 0.6 is 0 Å². The first-order valence-corrected chi connectivity index (χ1v) is 6.62. The minimum Gasteiger partial charge on any atom is -0.473 e. The van der Waals surface area contributed by atoms with Crippen LogP contribution in [0.4, 0.5) is 5.95 Å². The summed E-state index contributed by atoms with van der Waals surface area (Å²) in [5, 5.41) is 3.17. The van der Waals surface area contributed by atoms with E-state index in [1.807, 2.05) is 44.4 Å². The van der Waals surface area contributed by atoms with Gasteiger partial charge in [0.1, 0.15) is 6.61 Å². The summed E-state index contributed by atoms with van der Waals surface area (Å²) >= 11 is 0. The number of likely N-dealkylation sites (N-methyl/N-ethyl adjacent to an activating group) is 1. The van der Waals surface area contributed by atoms with Gasteiger partial charge in [-0.3, -0.25) is 0 Å². The van der Waals surface area contributed by atoms with Gasteiger partial charge in [-0.1, -0.05) is 30.3 Å². The van der Waals surface area contributed by atoms with E-state index in [1.54, 1.807) is 12.3 Å². The molecule has 5 heteroatoms. The van der Waals surface area contributed by atoms with E-state index in [1.165, 1.54) is 0 Å². The Morgan fingerprint density at radius 1 is 1.15 bits per heavy atom. The fraction of sp³-hybridized carbons (Fsp3) is 0.333. The van der Waals surface area contributed by atoms with Crippen LogP contribution in [-0.4, -0.2) is 42.1 Å². The molecule has 0 aliphatic carbocycles. The molecule has 2 aromatic rings. The molecule has 0 unspecified atom stereocenters. The van der Waals surface area contributed by atoms with Crippen LogP contribution in [0.25, 0.3) is 0 Å². The number of hydrogen-bond donors (Lipinski definition) is 1. The molecule has 20 heavy (non-hydrogen) atoms. The molecule has 0 atom stereocenters. The number of rotatable bonds is 7. The highest BCUT2D eigenvalue weighted by atomic mass is 16.5. The Balaban J connectivity index is 1.86. The van der Waals surface area contributed by atoms with Crippen molar-refractivity contribution in [2.24, 2.45) is 0 Å². The molecule has 0 saturated carbocycles. The summed E-state index contributed by atoms with van der Waals surface area (Å²) < 4.78 is 5.66. The molecule has 0 aliphatic heterocycles. The van der Waals surface area contributed by atoms with Crippen molar-refractivity contribution < 1.29 is 4.74 Å². The van der Waals surface area contributed by atoms with Gasteiger partial charge >= 0.3 is 0 Å². The van der Waals surface area contributed by atoms with Gasteiger partial charge in [-0.05, 0) is 19.7 Å². The van der Waals surface area contributed by atoms with E-state index in [-0.39, 0.29) is 0 Å². The van der Waals surface area contributed by atoms with Crippen molar-refractivity contribution in [1.82, 2.24) is 14.9 Å². The molecule has 2 rings (SSSR count). The lowest BCUT2D eigenvalue weighted by atomic mass is 10.2. The standard InChI is InChI=1S/C15H20N4O/c1-19(2)11-10-17-15-16-9-8-14(18-15)20-12-13-6-4-3-5-7-13/h3-9H,10-12H2,1-2H3,(H,16,17,18). The number of aromatic nitrogens is 2. The lowest BCUT2D eigenvalue weighted by Gasteiger charge is -2.11. The summed E-state index contributed by atoms with van der Waals surface area (Å²) in [6, 6.07) is 11.8. The number of nitrogens with one attached hydrogen (secondary N) is 1. The average Bonchev–Trinajstić information content (AvgIpc) is 2.46. The SMILES string of the molecule is CN(C)CCNc1nccc(OCc2ccccc2)n1. The van der Waals surface area contributed by atoms with E-state index in [9.17, 15) is 0 Å². The number of hydrogen-bond acceptors (Lipinski definition) is 5. The smallest absolute Gasteiger partial charge is 0.225 e. The molecule has 0 spiro atoms. The fourth-order valence-corrected chi connectivity index (χ4v) is 1.63. The van der Waals surface area contributed by atoms with Crippen LogP contribution in [-0.2, 0) is 6.61 Å². The Bertz CT molecular complexity index is 516. The molecule has 1 heterocycles. The Morgan fingerprint density at radius 3 is 2.70 bits per heavy atom. The Hall–Kier alpha value is -2.14. The molecule has 0 amide bonds. The molecular weight excluding hydrogens is 252 g/mol. The molecule has 1 aromatic carbocycles. The van der Waals surface area contributed by atoms with Gasteiger partial charge in [0.15, 0.2) is 0 Å². The topological polar surface area (TPSA) is 50.3 Å². The van der Waals surface area contributed by atoms with Crippen molar-refractivity contribution in [2.75, 3.05) is 32.5 Å². The molecule has 0 radical (unpaired) electrons. The predicted octanol–water partition coefficient (Wildman–Crippen LogP) is 2.03. The first-order valence-electron chi connectivity index (χ1n) is 6.62. The third kappa shape index (κ3) is 4.85. The maximum atomic E-state index is 5.66. The third-order valence-electron chi connectivity index (χ3n) is 2.70. The molecule has 0 bridgehead atoms. The van der Waals surface area contributed by atoms with Gasteiger partial charge in [0.25, 0.3) is 0 Å².